The van der Waals surface area contributed by atoms with E-state index in [-0.39, 0.29) is 73.8 Å². The van der Waals surface area contributed by atoms with Crippen molar-refractivity contribution in [3.05, 3.63) is 104 Å². The van der Waals surface area contributed by atoms with E-state index in [9.17, 15) is 29.1 Å². The number of likely N-dealkylation sites (tertiary alicyclic amines) is 2. The molecule has 0 radical (unpaired) electrons. The van der Waals surface area contributed by atoms with Crippen molar-refractivity contribution in [2.45, 2.75) is 111 Å². The number of piperidine rings is 1. The van der Waals surface area contributed by atoms with Crippen LogP contribution in [0.3, 0.4) is 0 Å². The Labute approximate surface area is 451 Å². The summed E-state index contributed by atoms with van der Waals surface area (Å²) in [5, 5.41) is 27.6. The number of thiazole rings is 1. The molecule has 3 aromatic heterocycles. The standard InChI is InChI=1S/C55H68ClN11O6S2/c1-31-34(4)75-54-46(31)47(37-13-15-40(56)16-14-37)60-43(50-62-61-35(5)67(50)54)26-45(70)64-21-23-65(24-22-64)52(72)39-17-19-63(20-18-39)28-42(69)27-57-49(55(6,7)8)53(73)66-29-41(68)25-44(66)51(71)59-32(2)36-9-11-38(12-10-36)48-33(3)58-30-74-48/h9-16,30,32,39,41,43-44,49,57,68H,17-29H2,1-8H3,(H,59,71)/t32-,41+,43-,44-,49+/m0/s1. The van der Waals surface area contributed by atoms with E-state index >= 15 is 0 Å². The summed E-state index contributed by atoms with van der Waals surface area (Å²) in [7, 11) is 0. The van der Waals surface area contributed by atoms with Crippen molar-refractivity contribution in [2.75, 3.05) is 58.9 Å². The van der Waals surface area contributed by atoms with Gasteiger partial charge in [0.25, 0.3) is 0 Å². The third kappa shape index (κ3) is 11.7. The van der Waals surface area contributed by atoms with E-state index in [1.165, 1.54) is 9.78 Å². The van der Waals surface area contributed by atoms with Gasteiger partial charge in [-0.15, -0.1) is 32.9 Å². The molecule has 0 aliphatic carbocycles. The second kappa shape index (κ2) is 22.5. The number of Topliss-reactive ketones (excluding diaryl/α,β-unsaturated/α-hetero) is 1. The molecule has 4 aliphatic rings. The number of aliphatic hydroxyl groups is 1. The summed E-state index contributed by atoms with van der Waals surface area (Å²) >= 11 is 9.53. The van der Waals surface area contributed by atoms with Gasteiger partial charge in [0.1, 0.15) is 22.9 Å². The molecule has 5 atom stereocenters. The molecule has 0 spiro atoms. The summed E-state index contributed by atoms with van der Waals surface area (Å²) in [5.74, 6) is 0.412. The summed E-state index contributed by atoms with van der Waals surface area (Å²) in [4.78, 5) is 88.7. The average Bonchev–Trinajstić information content (AvgIpc) is 4.16. The number of hydrogen-bond acceptors (Lipinski definition) is 14. The van der Waals surface area contributed by atoms with E-state index in [0.717, 1.165) is 54.9 Å². The van der Waals surface area contributed by atoms with E-state index in [4.69, 9.17) is 16.6 Å². The quantitative estimate of drug-likeness (QED) is 0.111. The fourth-order valence-electron chi connectivity index (χ4n) is 10.9. The lowest BCUT2D eigenvalue weighted by Gasteiger charge is -2.38. The number of amides is 4. The Morgan fingerprint density at radius 1 is 0.880 bits per heavy atom. The van der Waals surface area contributed by atoms with Crippen molar-refractivity contribution < 1.29 is 29.1 Å². The molecule has 0 bridgehead atoms. The number of benzene rings is 2. The number of halogens is 1. The van der Waals surface area contributed by atoms with Crippen LogP contribution < -0.4 is 10.6 Å². The minimum atomic E-state index is -0.868. The van der Waals surface area contributed by atoms with Gasteiger partial charge in [0.15, 0.2) is 11.6 Å². The predicted molar refractivity (Wildman–Crippen MR) is 291 cm³/mol. The number of hydrogen-bond donors (Lipinski definition) is 3. The first-order chi connectivity index (χ1) is 35.7. The number of carbonyl (C=O) groups excluding carboxylic acids is 5. The largest absolute Gasteiger partial charge is 0.391 e. The summed E-state index contributed by atoms with van der Waals surface area (Å²) in [6.45, 7) is 18.7. The Balaban J connectivity index is 0.743. The second-order valence-electron chi connectivity index (χ2n) is 21.6. The highest BCUT2D eigenvalue weighted by atomic mass is 35.5. The summed E-state index contributed by atoms with van der Waals surface area (Å²) in [6, 6.07) is 13.0. The molecule has 0 unspecified atom stereocenters. The number of nitrogens with one attached hydrogen (secondary N) is 2. The number of aromatic nitrogens is 4. The van der Waals surface area contributed by atoms with Gasteiger partial charge in [-0.05, 0) is 94.8 Å². The topological polar surface area (TPSA) is 199 Å². The van der Waals surface area contributed by atoms with Crippen LogP contribution in [0.1, 0.15) is 110 Å². The smallest absolute Gasteiger partial charge is 0.243 e. The van der Waals surface area contributed by atoms with Crippen molar-refractivity contribution in [1.29, 1.82) is 0 Å². The van der Waals surface area contributed by atoms with Gasteiger partial charge in [0, 0.05) is 66.1 Å². The van der Waals surface area contributed by atoms with Crippen molar-refractivity contribution in [1.82, 2.24) is 50.0 Å². The highest BCUT2D eigenvalue weighted by Gasteiger charge is 2.44. The number of aliphatic hydroxyl groups excluding tert-OH is 1. The van der Waals surface area contributed by atoms with Crippen molar-refractivity contribution in [2.24, 2.45) is 16.3 Å². The van der Waals surface area contributed by atoms with E-state index in [1.807, 2.05) is 110 Å². The van der Waals surface area contributed by atoms with Crippen LogP contribution in [0.15, 0.2) is 59.0 Å². The van der Waals surface area contributed by atoms with Gasteiger partial charge >= 0.3 is 0 Å². The Morgan fingerprint density at radius 3 is 2.20 bits per heavy atom. The minimum Gasteiger partial charge on any atom is -0.391 e. The highest BCUT2D eigenvalue weighted by molar-refractivity contribution is 7.15. The van der Waals surface area contributed by atoms with Crippen LogP contribution in [-0.2, 0) is 24.0 Å². The molecule has 5 aromatic rings. The fraction of sp³-hybridized carbons (Fsp3) is 0.509. The highest BCUT2D eigenvalue weighted by Crippen LogP contribution is 2.40. The zero-order chi connectivity index (χ0) is 53.5. The van der Waals surface area contributed by atoms with Crippen molar-refractivity contribution in [3.8, 4) is 15.4 Å². The van der Waals surface area contributed by atoms with Gasteiger partial charge in [-0.3, -0.25) is 43.7 Å². The number of aryl methyl sites for hydroxylation is 3. The van der Waals surface area contributed by atoms with Crippen LogP contribution in [-0.4, -0.2) is 157 Å². The zero-order valence-corrected chi connectivity index (χ0v) is 46.4. The molecule has 20 heteroatoms. The number of nitrogens with zero attached hydrogens (tertiary/aromatic N) is 9. The second-order valence-corrected chi connectivity index (χ2v) is 24.1. The Morgan fingerprint density at radius 2 is 1.55 bits per heavy atom. The molecule has 75 heavy (non-hydrogen) atoms. The van der Waals surface area contributed by atoms with Crippen LogP contribution >= 0.6 is 34.3 Å². The van der Waals surface area contributed by atoms with Crippen molar-refractivity contribution >= 4 is 69.4 Å². The van der Waals surface area contributed by atoms with Gasteiger partial charge in [0.2, 0.25) is 23.6 Å². The number of carbonyl (C=O) groups is 5. The number of thiophene rings is 1. The average molecular weight is 1080 g/mol. The van der Waals surface area contributed by atoms with Gasteiger partial charge < -0.3 is 25.1 Å². The molecular weight excluding hydrogens is 1010 g/mol. The van der Waals surface area contributed by atoms with Gasteiger partial charge in [-0.2, -0.15) is 0 Å². The number of ketones is 1. The van der Waals surface area contributed by atoms with Gasteiger partial charge in [-0.25, -0.2) is 4.98 Å². The SMILES string of the molecule is Cc1ncsc1-c1ccc([C@H](C)NC(=O)[C@@H]2C[C@@H](O)CN2C(=O)[C@@H](NCC(=O)CN2CCC(C(=O)N3CCN(C(=O)C[C@@H]4N=C(c5ccc(Cl)cc5)c5c(sc(C)c5C)-n5c(C)nnc54)CC3)CC2)C(C)(C)C)cc1. The first kappa shape index (κ1) is 54.1. The Bertz CT molecular complexity index is 2970. The fourth-order valence-corrected chi connectivity index (χ4v) is 13.0. The normalized spacial score (nSPS) is 20.3. The van der Waals surface area contributed by atoms with Gasteiger partial charge in [0.05, 0.1) is 59.5 Å². The molecule has 398 valence electrons. The zero-order valence-electron chi connectivity index (χ0n) is 44.1. The lowest BCUT2D eigenvalue weighted by Crippen LogP contribution is -2.57. The van der Waals surface area contributed by atoms with E-state index in [0.29, 0.717) is 63.0 Å². The maximum atomic E-state index is 14.3. The van der Waals surface area contributed by atoms with E-state index in [2.05, 4.69) is 44.6 Å². The monoisotopic (exact) mass is 1080 g/mol. The lowest BCUT2D eigenvalue weighted by molar-refractivity contribution is -0.143. The molecule has 2 aromatic carbocycles. The molecule has 9 rings (SSSR count). The number of piperazine rings is 1. The molecule has 4 aliphatic heterocycles. The maximum absolute atomic E-state index is 14.3. The van der Waals surface area contributed by atoms with Crippen LogP contribution in [0, 0.1) is 39.0 Å². The number of β-amino-alcohol motifs (C(OH)–C–C–N with tert-alkyl or cyclic N) is 1. The summed E-state index contributed by atoms with van der Waals surface area (Å²) in [6.07, 6.45) is 0.577. The molecule has 0 saturated carbocycles. The maximum Gasteiger partial charge on any atom is 0.243 e. The first-order valence-corrected chi connectivity index (χ1v) is 28.0. The van der Waals surface area contributed by atoms with E-state index < -0.39 is 29.6 Å². The third-order valence-corrected chi connectivity index (χ3v) is 17.7. The van der Waals surface area contributed by atoms with Gasteiger partial charge in [-0.1, -0.05) is 68.8 Å². The molecule has 4 amide bonds. The summed E-state index contributed by atoms with van der Waals surface area (Å²) in [5.41, 5.74) is 7.95. The number of aliphatic imine (C=N–C) groups is 1. The molecular formula is C55H68ClN11O6S2. The van der Waals surface area contributed by atoms with Crippen molar-refractivity contribution in [3.63, 3.8) is 0 Å². The molecule has 7 heterocycles. The number of fused-ring (bicyclic) bond motifs is 3. The predicted octanol–water partition coefficient (Wildman–Crippen LogP) is 6.42. The van der Waals surface area contributed by atoms with Crippen LogP contribution in [0.4, 0.5) is 0 Å². The Kier molecular flexibility index (Phi) is 16.2. The third-order valence-electron chi connectivity index (χ3n) is 15.3. The van der Waals surface area contributed by atoms with Crippen LogP contribution in [0.25, 0.3) is 15.4 Å². The van der Waals surface area contributed by atoms with Crippen LogP contribution in [0.2, 0.25) is 5.02 Å². The summed E-state index contributed by atoms with van der Waals surface area (Å²) < 4.78 is 2.04. The molecule has 3 fully saturated rings. The molecule has 17 nitrogen and oxygen atoms in total. The van der Waals surface area contributed by atoms with Crippen LogP contribution in [0.5, 0.6) is 0 Å². The minimum absolute atomic E-state index is 0.0169. The Hall–Kier alpha value is -5.70. The molecule has 3 saturated heterocycles. The first-order valence-electron chi connectivity index (χ1n) is 25.9. The lowest BCUT2D eigenvalue weighted by atomic mass is 9.85. The van der Waals surface area contributed by atoms with E-state index in [1.54, 1.807) is 22.7 Å². The molecule has 3 N–H and O–H groups in total. The number of rotatable bonds is 14.